The molecule has 0 radical (unpaired) electrons. The van der Waals surface area contributed by atoms with Gasteiger partial charge in [-0.1, -0.05) is 0 Å². The van der Waals surface area contributed by atoms with Gasteiger partial charge < -0.3 is 15.2 Å². The van der Waals surface area contributed by atoms with Crippen molar-refractivity contribution in [3.05, 3.63) is 29.6 Å². The summed E-state index contributed by atoms with van der Waals surface area (Å²) in [6, 6.07) is 4.13. The van der Waals surface area contributed by atoms with Gasteiger partial charge >= 0.3 is 0 Å². The number of nitrogens with one attached hydrogen (secondary N) is 1. The lowest BCUT2D eigenvalue weighted by molar-refractivity contribution is 0.0446. The van der Waals surface area contributed by atoms with E-state index in [0.717, 1.165) is 37.7 Å². The maximum absolute atomic E-state index is 13.1. The molecule has 2 rings (SSSR count). The number of phenolic OH excluding ortho intramolecular Hbond substituents is 1. The van der Waals surface area contributed by atoms with E-state index >= 15 is 0 Å². The lowest BCUT2D eigenvalue weighted by atomic mass is 9.92. The number of hydrogen-bond donors (Lipinski definition) is 2. The molecule has 1 heterocycles. The predicted molar refractivity (Wildman–Crippen MR) is 63.4 cm³/mol. The van der Waals surface area contributed by atoms with Gasteiger partial charge in [0.25, 0.3) is 0 Å². The Hall–Kier alpha value is -1.13. The minimum Gasteiger partial charge on any atom is -0.508 e. The molecular weight excluding hydrogens is 221 g/mol. The molecule has 2 N–H and O–H groups in total. The molecule has 17 heavy (non-hydrogen) atoms. The maximum Gasteiger partial charge on any atom is 0.127 e. The first-order valence-electron chi connectivity index (χ1n) is 5.89. The third-order valence-corrected chi connectivity index (χ3v) is 3.26. The zero-order chi connectivity index (χ0) is 12.3. The lowest BCUT2D eigenvalue weighted by Crippen LogP contribution is -2.46. The molecule has 1 aliphatic rings. The van der Waals surface area contributed by atoms with Crippen LogP contribution < -0.4 is 5.32 Å². The van der Waals surface area contributed by atoms with E-state index in [1.165, 1.54) is 6.07 Å². The molecule has 0 spiro atoms. The van der Waals surface area contributed by atoms with Crippen LogP contribution in [0.1, 0.15) is 25.3 Å². The van der Waals surface area contributed by atoms with Crippen molar-refractivity contribution in [1.82, 2.24) is 5.32 Å². The fourth-order valence-electron chi connectivity index (χ4n) is 2.05. The fraction of sp³-hybridized carbons (Fsp3) is 0.538. The number of rotatable bonds is 3. The van der Waals surface area contributed by atoms with Gasteiger partial charge in [0.05, 0.1) is 0 Å². The van der Waals surface area contributed by atoms with Crippen LogP contribution in [-0.2, 0) is 11.3 Å². The first-order chi connectivity index (χ1) is 8.07. The second-order valence-electron chi connectivity index (χ2n) is 4.84. The van der Waals surface area contributed by atoms with Gasteiger partial charge in [-0.3, -0.25) is 0 Å². The quantitative estimate of drug-likeness (QED) is 0.849. The molecule has 0 unspecified atom stereocenters. The largest absolute Gasteiger partial charge is 0.508 e. The van der Waals surface area contributed by atoms with Gasteiger partial charge in [-0.2, -0.15) is 0 Å². The van der Waals surface area contributed by atoms with Crippen molar-refractivity contribution in [1.29, 1.82) is 0 Å². The zero-order valence-electron chi connectivity index (χ0n) is 10.0. The van der Waals surface area contributed by atoms with Crippen molar-refractivity contribution in [3.8, 4) is 5.75 Å². The fourth-order valence-corrected chi connectivity index (χ4v) is 2.05. The Bertz CT molecular complexity index is 369. The Labute approximate surface area is 101 Å². The number of ether oxygens (including phenoxy) is 1. The molecule has 1 fully saturated rings. The summed E-state index contributed by atoms with van der Waals surface area (Å²) in [6.07, 6.45) is 1.91. The summed E-state index contributed by atoms with van der Waals surface area (Å²) >= 11 is 0. The molecule has 1 aliphatic heterocycles. The highest BCUT2D eigenvalue weighted by atomic mass is 19.1. The second kappa shape index (κ2) is 5.02. The van der Waals surface area contributed by atoms with Gasteiger partial charge in [-0.25, -0.2) is 4.39 Å². The van der Waals surface area contributed by atoms with Crippen molar-refractivity contribution < 1.29 is 14.2 Å². The van der Waals surface area contributed by atoms with E-state index in [1.807, 2.05) is 0 Å². The second-order valence-corrected chi connectivity index (χ2v) is 4.84. The van der Waals surface area contributed by atoms with E-state index in [1.54, 1.807) is 6.07 Å². The van der Waals surface area contributed by atoms with E-state index < -0.39 is 5.82 Å². The molecule has 94 valence electrons. The van der Waals surface area contributed by atoms with Crippen LogP contribution in [0, 0.1) is 5.82 Å². The summed E-state index contributed by atoms with van der Waals surface area (Å²) < 4.78 is 18.4. The van der Waals surface area contributed by atoms with Crippen molar-refractivity contribution in [2.45, 2.75) is 31.8 Å². The molecule has 0 atom stereocenters. The van der Waals surface area contributed by atoms with Crippen LogP contribution in [0.3, 0.4) is 0 Å². The van der Waals surface area contributed by atoms with Gasteiger partial charge in [-0.05, 0) is 37.5 Å². The van der Waals surface area contributed by atoms with Crippen LogP contribution in [-0.4, -0.2) is 23.9 Å². The molecule has 0 amide bonds. The van der Waals surface area contributed by atoms with E-state index in [2.05, 4.69) is 12.2 Å². The highest BCUT2D eigenvalue weighted by molar-refractivity contribution is 5.28. The lowest BCUT2D eigenvalue weighted by Gasteiger charge is -2.34. The van der Waals surface area contributed by atoms with Gasteiger partial charge in [-0.15, -0.1) is 0 Å². The van der Waals surface area contributed by atoms with Gasteiger partial charge in [0, 0.05) is 31.4 Å². The Kier molecular flexibility index (Phi) is 3.64. The topological polar surface area (TPSA) is 41.5 Å². The van der Waals surface area contributed by atoms with E-state index in [9.17, 15) is 9.50 Å². The number of phenols is 1. The number of benzene rings is 1. The van der Waals surface area contributed by atoms with Crippen molar-refractivity contribution >= 4 is 0 Å². The highest BCUT2D eigenvalue weighted by Gasteiger charge is 2.26. The van der Waals surface area contributed by atoms with Crippen LogP contribution in [0.2, 0.25) is 0 Å². The summed E-state index contributed by atoms with van der Waals surface area (Å²) in [4.78, 5) is 0. The smallest absolute Gasteiger partial charge is 0.127 e. The van der Waals surface area contributed by atoms with Gasteiger partial charge in [0.1, 0.15) is 11.6 Å². The van der Waals surface area contributed by atoms with E-state index in [4.69, 9.17) is 4.74 Å². The van der Waals surface area contributed by atoms with Gasteiger partial charge in [0.15, 0.2) is 0 Å². The Morgan fingerprint density at radius 2 is 2.06 bits per heavy atom. The Morgan fingerprint density at radius 1 is 1.35 bits per heavy atom. The van der Waals surface area contributed by atoms with Crippen LogP contribution >= 0.6 is 0 Å². The molecule has 1 saturated heterocycles. The minimum atomic E-state index is -0.404. The SMILES string of the molecule is CC1(NCc2cc(O)cc(F)c2)CCOCC1. The van der Waals surface area contributed by atoms with Crippen LogP contribution in [0.15, 0.2) is 18.2 Å². The third kappa shape index (κ3) is 3.41. The summed E-state index contributed by atoms with van der Waals surface area (Å²) in [5, 5.41) is 12.7. The Morgan fingerprint density at radius 3 is 2.71 bits per heavy atom. The molecule has 1 aromatic rings. The van der Waals surface area contributed by atoms with Crippen LogP contribution in [0.25, 0.3) is 0 Å². The minimum absolute atomic E-state index is 0.0288. The van der Waals surface area contributed by atoms with Gasteiger partial charge in [0.2, 0.25) is 0 Å². The molecule has 0 bridgehead atoms. The predicted octanol–water partition coefficient (Wildman–Crippen LogP) is 2.19. The van der Waals surface area contributed by atoms with Crippen LogP contribution in [0.5, 0.6) is 5.75 Å². The monoisotopic (exact) mass is 239 g/mol. The number of hydrogen-bond acceptors (Lipinski definition) is 3. The van der Waals surface area contributed by atoms with E-state index in [-0.39, 0.29) is 11.3 Å². The van der Waals surface area contributed by atoms with E-state index in [0.29, 0.717) is 6.54 Å². The molecule has 0 aromatic heterocycles. The average Bonchev–Trinajstić information content (AvgIpc) is 2.26. The normalized spacial score (nSPS) is 19.2. The summed E-state index contributed by atoms with van der Waals surface area (Å²) in [5.74, 6) is -0.433. The molecule has 1 aromatic carbocycles. The first-order valence-corrected chi connectivity index (χ1v) is 5.89. The average molecular weight is 239 g/mol. The van der Waals surface area contributed by atoms with Crippen molar-refractivity contribution in [2.24, 2.45) is 0 Å². The molecular formula is C13H18FNO2. The standard InChI is InChI=1S/C13H18FNO2/c1-13(2-4-17-5-3-13)15-9-10-6-11(14)8-12(16)7-10/h6-8,15-16H,2-5,9H2,1H3. The maximum atomic E-state index is 13.1. The molecule has 4 heteroatoms. The van der Waals surface area contributed by atoms with Crippen molar-refractivity contribution in [2.75, 3.05) is 13.2 Å². The molecule has 0 aliphatic carbocycles. The first kappa shape index (κ1) is 12.3. The van der Waals surface area contributed by atoms with Crippen LogP contribution in [0.4, 0.5) is 4.39 Å². The number of aromatic hydroxyl groups is 1. The third-order valence-electron chi connectivity index (χ3n) is 3.26. The summed E-state index contributed by atoms with van der Waals surface area (Å²) in [5.41, 5.74) is 0.801. The zero-order valence-corrected chi connectivity index (χ0v) is 10.0. The molecule has 3 nitrogen and oxygen atoms in total. The summed E-state index contributed by atoms with van der Waals surface area (Å²) in [6.45, 7) is 4.23. The number of halogens is 1. The highest BCUT2D eigenvalue weighted by Crippen LogP contribution is 2.21. The summed E-state index contributed by atoms with van der Waals surface area (Å²) in [7, 11) is 0. The molecule has 0 saturated carbocycles. The van der Waals surface area contributed by atoms with Crippen molar-refractivity contribution in [3.63, 3.8) is 0 Å². The Balaban J connectivity index is 1.96.